The van der Waals surface area contributed by atoms with Crippen LogP contribution in [0.3, 0.4) is 0 Å². The fourth-order valence-electron chi connectivity index (χ4n) is 1.87. The van der Waals surface area contributed by atoms with E-state index in [2.05, 4.69) is 0 Å². The average Bonchev–Trinajstić information content (AvgIpc) is 2.57. The van der Waals surface area contributed by atoms with E-state index in [-0.39, 0.29) is 12.1 Å². The van der Waals surface area contributed by atoms with E-state index in [0.717, 1.165) is 0 Å². The van der Waals surface area contributed by atoms with Gasteiger partial charge in [-0.3, -0.25) is 4.18 Å². The molecule has 0 aromatic heterocycles. The zero-order valence-electron chi connectivity index (χ0n) is 10.3. The van der Waals surface area contributed by atoms with E-state index in [1.807, 2.05) is 20.8 Å². The zero-order valence-corrected chi connectivity index (χ0v) is 11.2. The van der Waals surface area contributed by atoms with Crippen LogP contribution < -0.4 is 0 Å². The van der Waals surface area contributed by atoms with Gasteiger partial charge in [0.1, 0.15) is 5.60 Å². The fraction of sp³-hybridized carbons (Fsp3) is 0.900. The van der Waals surface area contributed by atoms with Crippen LogP contribution in [0.15, 0.2) is 0 Å². The van der Waals surface area contributed by atoms with Gasteiger partial charge in [-0.05, 0) is 20.8 Å². The summed E-state index contributed by atoms with van der Waals surface area (Å²) in [6.07, 6.45) is -0.310. The second kappa shape index (κ2) is 4.55. The first-order valence-corrected chi connectivity index (χ1v) is 6.70. The highest BCUT2D eigenvalue weighted by Crippen LogP contribution is 2.21. The molecule has 0 aromatic rings. The molecule has 2 fully saturated rings. The van der Waals surface area contributed by atoms with Crippen molar-refractivity contribution >= 4 is 17.4 Å². The Labute approximate surface area is 104 Å². The minimum Gasteiger partial charge on any atom is -0.444 e. The van der Waals surface area contributed by atoms with Gasteiger partial charge in [-0.25, -0.2) is 9.00 Å². The predicted molar refractivity (Wildman–Crippen MR) is 62.4 cm³/mol. The summed E-state index contributed by atoms with van der Waals surface area (Å²) in [6, 6.07) is 0.0251. The molecule has 2 heterocycles. The second-order valence-corrected chi connectivity index (χ2v) is 6.36. The van der Waals surface area contributed by atoms with Crippen LogP contribution in [0.2, 0.25) is 0 Å². The molecule has 17 heavy (non-hydrogen) atoms. The fourth-order valence-corrected chi connectivity index (χ4v) is 2.88. The van der Waals surface area contributed by atoms with Crippen LogP contribution in [0.5, 0.6) is 0 Å². The van der Waals surface area contributed by atoms with Gasteiger partial charge in [0.2, 0.25) is 11.3 Å². The second-order valence-electron chi connectivity index (χ2n) is 5.22. The molecule has 1 unspecified atom stereocenters. The van der Waals surface area contributed by atoms with Crippen molar-refractivity contribution < 1.29 is 17.9 Å². The quantitative estimate of drug-likeness (QED) is 0.638. The first-order chi connectivity index (χ1) is 7.87. The average molecular weight is 262 g/mol. The normalized spacial score (nSPS) is 30.2. The van der Waals surface area contributed by atoms with E-state index in [9.17, 15) is 9.00 Å². The van der Waals surface area contributed by atoms with E-state index < -0.39 is 16.9 Å². The van der Waals surface area contributed by atoms with Crippen molar-refractivity contribution in [1.29, 1.82) is 0 Å². The van der Waals surface area contributed by atoms with Gasteiger partial charge >= 0.3 is 6.09 Å². The topological polar surface area (TPSA) is 59.1 Å². The van der Waals surface area contributed by atoms with E-state index in [1.165, 1.54) is 0 Å². The van der Waals surface area contributed by atoms with Crippen molar-refractivity contribution in [1.82, 2.24) is 9.21 Å². The summed E-state index contributed by atoms with van der Waals surface area (Å²) in [5.74, 6) is 0. The summed E-state index contributed by atoms with van der Waals surface area (Å²) in [7, 11) is 0. The lowest BCUT2D eigenvalue weighted by molar-refractivity contribution is 0.0143. The van der Waals surface area contributed by atoms with E-state index in [1.54, 1.807) is 9.21 Å². The maximum absolute atomic E-state index is 11.9. The third-order valence-corrected chi connectivity index (χ3v) is 3.83. The van der Waals surface area contributed by atoms with Crippen molar-refractivity contribution in [3.63, 3.8) is 0 Å². The molecular formula is C10H18N2O4S. The van der Waals surface area contributed by atoms with Crippen LogP contribution in [-0.2, 0) is 20.2 Å². The van der Waals surface area contributed by atoms with Crippen LogP contribution >= 0.6 is 0 Å². The molecule has 0 N–H and O–H groups in total. The first-order valence-electron chi connectivity index (χ1n) is 5.66. The summed E-state index contributed by atoms with van der Waals surface area (Å²) >= 11 is -1.33. The number of carbonyl (C=O) groups excluding carboxylic acids is 1. The molecule has 2 rings (SSSR count). The third kappa shape index (κ3) is 2.97. The number of amides is 1. The molecule has 2 aliphatic heterocycles. The number of nitrogens with zero attached hydrogens (tertiary/aromatic N) is 2. The number of rotatable bonds is 0. The lowest BCUT2D eigenvalue weighted by Gasteiger charge is -2.35. The van der Waals surface area contributed by atoms with Gasteiger partial charge in [-0.15, -0.1) is 0 Å². The van der Waals surface area contributed by atoms with Gasteiger partial charge in [0.25, 0.3) is 0 Å². The summed E-state index contributed by atoms with van der Waals surface area (Å²) in [5.41, 5.74) is -0.483. The lowest BCUT2D eigenvalue weighted by atomic mass is 10.2. The Balaban J connectivity index is 1.93. The minimum atomic E-state index is -1.33. The Morgan fingerprint density at radius 2 is 2.12 bits per heavy atom. The van der Waals surface area contributed by atoms with Crippen LogP contribution in [-0.4, -0.2) is 57.4 Å². The highest BCUT2D eigenvalue weighted by atomic mass is 32.2. The molecule has 2 aliphatic rings. The van der Waals surface area contributed by atoms with Crippen molar-refractivity contribution in [3.05, 3.63) is 0 Å². The summed E-state index contributed by atoms with van der Waals surface area (Å²) in [4.78, 5) is 13.5. The largest absolute Gasteiger partial charge is 0.444 e. The number of carbonyl (C=O) groups is 1. The van der Waals surface area contributed by atoms with E-state index >= 15 is 0 Å². The summed E-state index contributed by atoms with van der Waals surface area (Å²) in [6.45, 7) is 7.54. The van der Waals surface area contributed by atoms with Crippen molar-refractivity contribution in [2.45, 2.75) is 32.4 Å². The first kappa shape index (κ1) is 12.8. The number of hydrogen-bond donors (Lipinski definition) is 0. The molecule has 0 saturated carbocycles. The van der Waals surface area contributed by atoms with Gasteiger partial charge in [0.15, 0.2) is 0 Å². The van der Waals surface area contributed by atoms with Crippen LogP contribution in [0, 0.1) is 0 Å². The Kier molecular flexibility index (Phi) is 3.42. The summed E-state index contributed by atoms with van der Waals surface area (Å²) < 4.78 is 23.5. The van der Waals surface area contributed by atoms with Gasteiger partial charge in [0.05, 0.1) is 12.6 Å². The van der Waals surface area contributed by atoms with Crippen LogP contribution in [0.4, 0.5) is 4.79 Å². The number of ether oxygens (including phenoxy) is 1. The molecule has 2 atom stereocenters. The van der Waals surface area contributed by atoms with Crippen molar-refractivity contribution in [2.75, 3.05) is 26.2 Å². The van der Waals surface area contributed by atoms with Crippen LogP contribution in [0.1, 0.15) is 20.8 Å². The maximum atomic E-state index is 11.9. The van der Waals surface area contributed by atoms with Crippen molar-refractivity contribution in [3.8, 4) is 0 Å². The molecule has 0 spiro atoms. The van der Waals surface area contributed by atoms with Crippen molar-refractivity contribution in [2.24, 2.45) is 0 Å². The lowest BCUT2D eigenvalue weighted by Crippen LogP contribution is -2.53. The number of piperazine rings is 1. The Bertz CT molecular complexity index is 342. The predicted octanol–water partition coefficient (Wildman–Crippen LogP) is 0.517. The van der Waals surface area contributed by atoms with Gasteiger partial charge in [-0.1, -0.05) is 0 Å². The molecule has 0 bridgehead atoms. The third-order valence-electron chi connectivity index (χ3n) is 2.63. The standard InChI is InChI=1S/C10H18N2O4S/c1-10(2,3)16-9(13)11-4-5-12-8(6-11)7-15-17(12)14/h8H,4-7H2,1-3H3/t8-,17?/m0/s1. The molecular weight excluding hydrogens is 244 g/mol. The molecule has 0 aromatic carbocycles. The minimum absolute atomic E-state index is 0.0251. The van der Waals surface area contributed by atoms with E-state index in [0.29, 0.717) is 26.2 Å². The molecule has 6 nitrogen and oxygen atoms in total. The molecule has 7 heteroatoms. The summed E-state index contributed by atoms with van der Waals surface area (Å²) in [5, 5.41) is 0. The highest BCUT2D eigenvalue weighted by Gasteiger charge is 2.39. The smallest absolute Gasteiger partial charge is 0.410 e. The molecule has 1 amide bonds. The molecule has 0 aliphatic carbocycles. The Morgan fingerprint density at radius 1 is 1.41 bits per heavy atom. The van der Waals surface area contributed by atoms with Crippen LogP contribution in [0.25, 0.3) is 0 Å². The highest BCUT2D eigenvalue weighted by molar-refractivity contribution is 7.78. The SMILES string of the molecule is CC(C)(C)OC(=O)N1CCN2[C@H](COS2=O)C1. The Hall–Kier alpha value is -0.660. The Morgan fingerprint density at radius 3 is 2.76 bits per heavy atom. The van der Waals surface area contributed by atoms with E-state index in [4.69, 9.17) is 8.92 Å². The maximum Gasteiger partial charge on any atom is 0.410 e. The molecule has 0 radical (unpaired) electrons. The molecule has 98 valence electrons. The molecule has 2 saturated heterocycles. The van der Waals surface area contributed by atoms with Gasteiger partial charge < -0.3 is 9.64 Å². The van der Waals surface area contributed by atoms with Gasteiger partial charge in [-0.2, -0.15) is 4.31 Å². The van der Waals surface area contributed by atoms with Gasteiger partial charge in [0, 0.05) is 19.6 Å². The zero-order chi connectivity index (χ0) is 12.6. The number of fused-ring (bicyclic) bond motifs is 1. The number of hydrogen-bond acceptors (Lipinski definition) is 4. The monoisotopic (exact) mass is 262 g/mol.